The van der Waals surface area contributed by atoms with Crippen LogP contribution < -0.4 is 5.73 Å². The molecule has 0 bridgehead atoms. The third kappa shape index (κ3) is 3.43. The van der Waals surface area contributed by atoms with Gasteiger partial charge < -0.3 is 5.73 Å². The normalized spacial score (nSPS) is 11.3. The van der Waals surface area contributed by atoms with Crippen LogP contribution >= 0.6 is 22.9 Å². The molecule has 0 amide bonds. The van der Waals surface area contributed by atoms with Crippen molar-refractivity contribution in [1.29, 1.82) is 0 Å². The summed E-state index contributed by atoms with van der Waals surface area (Å²) in [6.45, 7) is 2.00. The van der Waals surface area contributed by atoms with Crippen LogP contribution in [0.1, 0.15) is 12.6 Å². The van der Waals surface area contributed by atoms with Gasteiger partial charge in [0, 0.05) is 16.0 Å². The zero-order valence-electron chi connectivity index (χ0n) is 16.4. The Balaban J connectivity index is 1.61. The van der Waals surface area contributed by atoms with Gasteiger partial charge in [0.2, 0.25) is 0 Å². The summed E-state index contributed by atoms with van der Waals surface area (Å²) >= 11 is 7.40. The van der Waals surface area contributed by atoms with Gasteiger partial charge in [-0.15, -0.1) is 21.5 Å². The van der Waals surface area contributed by atoms with Crippen molar-refractivity contribution in [2.75, 3.05) is 5.73 Å². The van der Waals surface area contributed by atoms with Crippen molar-refractivity contribution in [2.45, 2.75) is 13.3 Å². The summed E-state index contributed by atoms with van der Waals surface area (Å²) in [5, 5.41) is 16.7. The monoisotopic (exact) mass is 450 g/mol. The van der Waals surface area contributed by atoms with E-state index in [0.29, 0.717) is 33.6 Å². The first kappa shape index (κ1) is 19.6. The molecule has 0 fully saturated rings. The van der Waals surface area contributed by atoms with Crippen LogP contribution in [-0.2, 0) is 6.42 Å². The molecule has 0 spiro atoms. The molecule has 6 nitrogen and oxygen atoms in total. The van der Waals surface area contributed by atoms with Crippen LogP contribution in [0.15, 0.2) is 53.9 Å². The molecule has 0 aliphatic heterocycles. The Morgan fingerprint density at radius 2 is 1.74 bits per heavy atom. The number of halogens is 2. The van der Waals surface area contributed by atoms with Crippen LogP contribution in [0.2, 0.25) is 5.02 Å². The van der Waals surface area contributed by atoms with Crippen LogP contribution in [0.25, 0.3) is 38.7 Å². The van der Waals surface area contributed by atoms with Gasteiger partial charge in [-0.3, -0.25) is 0 Å². The van der Waals surface area contributed by atoms with Crippen molar-refractivity contribution >= 4 is 34.4 Å². The molecule has 0 atom stereocenters. The Hall–Kier alpha value is -3.36. The van der Waals surface area contributed by atoms with E-state index in [1.807, 2.05) is 36.6 Å². The molecule has 0 unspecified atom stereocenters. The second-order valence-corrected chi connectivity index (χ2v) is 8.19. The standard InChI is InChI=1S/C22H16ClFN6S/c1-2-16-18(13-5-9-15(24)10-6-13)21-28-27-19(20(25)30(21)29-16)22-26-17(11-31-22)12-3-7-14(23)8-4-12/h3-11H,2,25H2,1H3. The van der Waals surface area contributed by atoms with Crippen molar-refractivity contribution in [2.24, 2.45) is 0 Å². The van der Waals surface area contributed by atoms with E-state index in [2.05, 4.69) is 20.3 Å². The van der Waals surface area contributed by atoms with E-state index in [1.165, 1.54) is 23.5 Å². The number of thiazole rings is 1. The SMILES string of the molecule is CCc1nn2c(N)c(-c3nc(-c4ccc(Cl)cc4)cs3)nnc2c1-c1ccc(F)cc1. The summed E-state index contributed by atoms with van der Waals surface area (Å²) in [5.41, 5.74) is 11.6. The Kier molecular flexibility index (Phi) is 4.88. The maximum absolute atomic E-state index is 13.4. The second-order valence-electron chi connectivity index (χ2n) is 6.90. The van der Waals surface area contributed by atoms with E-state index in [4.69, 9.17) is 17.3 Å². The summed E-state index contributed by atoms with van der Waals surface area (Å²) < 4.78 is 15.0. The van der Waals surface area contributed by atoms with Crippen molar-refractivity contribution in [3.05, 3.63) is 70.4 Å². The van der Waals surface area contributed by atoms with Gasteiger partial charge in [0.1, 0.15) is 10.8 Å². The van der Waals surface area contributed by atoms with E-state index in [1.54, 1.807) is 16.6 Å². The van der Waals surface area contributed by atoms with Crippen molar-refractivity contribution < 1.29 is 4.39 Å². The number of nitrogen functional groups attached to an aromatic ring is 1. The lowest BCUT2D eigenvalue weighted by Crippen LogP contribution is -2.05. The maximum atomic E-state index is 13.4. The molecule has 5 rings (SSSR count). The van der Waals surface area contributed by atoms with Gasteiger partial charge in [-0.25, -0.2) is 9.37 Å². The summed E-state index contributed by atoms with van der Waals surface area (Å²) in [7, 11) is 0. The Morgan fingerprint density at radius 1 is 1.03 bits per heavy atom. The number of rotatable bonds is 4. The van der Waals surface area contributed by atoms with E-state index < -0.39 is 0 Å². The molecule has 3 aromatic heterocycles. The van der Waals surface area contributed by atoms with Crippen molar-refractivity contribution in [3.63, 3.8) is 0 Å². The molecule has 0 saturated carbocycles. The fourth-order valence-electron chi connectivity index (χ4n) is 3.41. The minimum atomic E-state index is -0.300. The predicted molar refractivity (Wildman–Crippen MR) is 122 cm³/mol. The average molecular weight is 451 g/mol. The van der Waals surface area contributed by atoms with Crippen LogP contribution in [0.5, 0.6) is 0 Å². The highest BCUT2D eigenvalue weighted by Crippen LogP contribution is 2.34. The largest absolute Gasteiger partial charge is 0.382 e. The Labute approximate surface area is 186 Å². The molecule has 0 aliphatic carbocycles. The molecule has 0 aliphatic rings. The first-order valence-electron chi connectivity index (χ1n) is 9.56. The maximum Gasteiger partial charge on any atom is 0.187 e. The zero-order valence-corrected chi connectivity index (χ0v) is 18.0. The summed E-state index contributed by atoms with van der Waals surface area (Å²) in [6, 6.07) is 13.7. The fourth-order valence-corrected chi connectivity index (χ4v) is 4.36. The topological polar surface area (TPSA) is 82.0 Å². The van der Waals surface area contributed by atoms with E-state index in [0.717, 1.165) is 28.1 Å². The molecule has 2 N–H and O–H groups in total. The lowest BCUT2D eigenvalue weighted by Gasteiger charge is -2.04. The molecule has 0 radical (unpaired) electrons. The van der Waals surface area contributed by atoms with Gasteiger partial charge in [-0.1, -0.05) is 42.8 Å². The molecule has 2 aromatic carbocycles. The molecule has 154 valence electrons. The second kappa shape index (κ2) is 7.72. The van der Waals surface area contributed by atoms with Crippen LogP contribution in [0.3, 0.4) is 0 Å². The zero-order chi connectivity index (χ0) is 21.5. The lowest BCUT2D eigenvalue weighted by molar-refractivity contribution is 0.628. The van der Waals surface area contributed by atoms with E-state index in [9.17, 15) is 4.39 Å². The highest BCUT2D eigenvalue weighted by Gasteiger charge is 2.21. The highest BCUT2D eigenvalue weighted by molar-refractivity contribution is 7.13. The number of aryl methyl sites for hydroxylation is 1. The smallest absolute Gasteiger partial charge is 0.187 e. The van der Waals surface area contributed by atoms with Gasteiger partial charge in [0.05, 0.1) is 17.0 Å². The first-order valence-corrected chi connectivity index (χ1v) is 10.8. The molecule has 0 saturated heterocycles. The van der Waals surface area contributed by atoms with Crippen LogP contribution in [0, 0.1) is 5.82 Å². The number of nitrogens with zero attached hydrogens (tertiary/aromatic N) is 5. The summed E-state index contributed by atoms with van der Waals surface area (Å²) in [4.78, 5) is 4.68. The van der Waals surface area contributed by atoms with Crippen LogP contribution in [-0.4, -0.2) is 24.8 Å². The Bertz CT molecular complexity index is 1390. The van der Waals surface area contributed by atoms with Gasteiger partial charge in [-0.2, -0.15) is 9.61 Å². The quantitative estimate of drug-likeness (QED) is 0.390. The number of aromatic nitrogens is 5. The lowest BCUT2D eigenvalue weighted by atomic mass is 10.0. The van der Waals surface area contributed by atoms with Crippen LogP contribution in [0.4, 0.5) is 10.2 Å². The third-order valence-corrected chi connectivity index (χ3v) is 6.06. The molecule has 9 heteroatoms. The molecule has 5 aromatic rings. The number of benzene rings is 2. The van der Waals surface area contributed by atoms with E-state index in [-0.39, 0.29) is 5.82 Å². The number of hydrogen-bond acceptors (Lipinski definition) is 6. The summed E-state index contributed by atoms with van der Waals surface area (Å²) in [5.74, 6) is 0.0523. The van der Waals surface area contributed by atoms with Gasteiger partial charge in [0.25, 0.3) is 0 Å². The van der Waals surface area contributed by atoms with Gasteiger partial charge in [0.15, 0.2) is 17.2 Å². The minimum Gasteiger partial charge on any atom is -0.382 e. The number of anilines is 1. The third-order valence-electron chi connectivity index (χ3n) is 4.96. The fraction of sp³-hybridized carbons (Fsp3) is 0.0909. The predicted octanol–water partition coefficient (Wildman–Crippen LogP) is 5.52. The average Bonchev–Trinajstić information content (AvgIpc) is 3.41. The molecule has 31 heavy (non-hydrogen) atoms. The van der Waals surface area contributed by atoms with Crippen molar-refractivity contribution in [1.82, 2.24) is 24.8 Å². The number of hydrogen-bond donors (Lipinski definition) is 1. The highest BCUT2D eigenvalue weighted by atomic mass is 35.5. The minimum absolute atomic E-state index is 0.300. The molecular weight excluding hydrogens is 435 g/mol. The first-order chi connectivity index (χ1) is 15.0. The van der Waals surface area contributed by atoms with E-state index >= 15 is 0 Å². The summed E-state index contributed by atoms with van der Waals surface area (Å²) in [6.07, 6.45) is 0.669. The van der Waals surface area contributed by atoms with Crippen molar-refractivity contribution in [3.8, 4) is 33.1 Å². The van der Waals surface area contributed by atoms with Gasteiger partial charge in [-0.05, 0) is 36.2 Å². The number of fused-ring (bicyclic) bond motifs is 1. The number of nitrogens with two attached hydrogens (primary N) is 1. The molecule has 3 heterocycles. The van der Waals surface area contributed by atoms with Gasteiger partial charge >= 0.3 is 0 Å². The molecular formula is C22H16ClFN6S. The Morgan fingerprint density at radius 3 is 2.45 bits per heavy atom.